The molecule has 2 unspecified atom stereocenters. The Morgan fingerprint density at radius 1 is 1.03 bits per heavy atom. The van der Waals surface area contributed by atoms with Crippen LogP contribution in [0.25, 0.3) is 0 Å². The summed E-state index contributed by atoms with van der Waals surface area (Å²) in [5.74, 6) is 1.37. The van der Waals surface area contributed by atoms with E-state index in [9.17, 15) is 5.11 Å². The van der Waals surface area contributed by atoms with Crippen molar-refractivity contribution in [2.24, 2.45) is 0 Å². The molecule has 0 amide bonds. The summed E-state index contributed by atoms with van der Waals surface area (Å²) in [5.41, 5.74) is 3.60. The molecule has 158 valence electrons. The Bertz CT molecular complexity index is 966. The van der Waals surface area contributed by atoms with Crippen LogP contribution in [0.3, 0.4) is 0 Å². The van der Waals surface area contributed by atoms with Crippen LogP contribution < -0.4 is 4.74 Å². The van der Waals surface area contributed by atoms with Crippen molar-refractivity contribution in [3.63, 3.8) is 0 Å². The molecule has 3 aromatic rings. The summed E-state index contributed by atoms with van der Waals surface area (Å²) in [6.07, 6.45) is 1.88. The van der Waals surface area contributed by atoms with Crippen LogP contribution in [0.15, 0.2) is 72.8 Å². The average molecular weight is 489 g/mol. The molecule has 0 saturated carbocycles. The van der Waals surface area contributed by atoms with Crippen LogP contribution >= 0.6 is 28.6 Å². The molecule has 0 aliphatic carbocycles. The van der Waals surface area contributed by atoms with E-state index in [4.69, 9.17) is 16.3 Å². The van der Waals surface area contributed by atoms with E-state index in [2.05, 4.69) is 30.1 Å². The summed E-state index contributed by atoms with van der Waals surface area (Å²) in [7, 11) is 2.16. The first-order valence-electron chi connectivity index (χ1n) is 10.1. The van der Waals surface area contributed by atoms with Gasteiger partial charge in [0, 0.05) is 30.1 Å². The number of ether oxygens (including phenoxy) is 1. The van der Waals surface area contributed by atoms with Crippen LogP contribution in [0.5, 0.6) is 11.5 Å². The van der Waals surface area contributed by atoms with E-state index < -0.39 is 0 Å². The molecule has 3 nitrogen and oxygen atoms in total. The molecule has 1 aliphatic heterocycles. The van der Waals surface area contributed by atoms with Crippen molar-refractivity contribution in [2.75, 3.05) is 20.1 Å². The molecule has 1 N–H and O–H groups in total. The Morgan fingerprint density at radius 3 is 2.60 bits per heavy atom. The number of likely N-dealkylation sites (N-methyl/N-ethyl adjacent to an activating group) is 1. The molecule has 0 spiro atoms. The monoisotopic (exact) mass is 487 g/mol. The third kappa shape index (κ3) is 5.57. The lowest BCUT2D eigenvalue weighted by Crippen LogP contribution is -2.30. The summed E-state index contributed by atoms with van der Waals surface area (Å²) >= 11 is 6.11. The number of aromatic hydroxyl groups is 1. The van der Waals surface area contributed by atoms with Crippen molar-refractivity contribution < 1.29 is 9.84 Å². The molecule has 1 aliphatic rings. The van der Waals surface area contributed by atoms with Crippen LogP contribution in [0.4, 0.5) is 0 Å². The number of phenols is 1. The molecule has 0 saturated heterocycles. The van der Waals surface area contributed by atoms with E-state index in [0.717, 1.165) is 36.7 Å². The van der Waals surface area contributed by atoms with Gasteiger partial charge in [0.15, 0.2) is 0 Å². The second-order valence-electron chi connectivity index (χ2n) is 7.81. The fraction of sp³-hybridized carbons (Fsp3) is 0.280. The Labute approximate surface area is 194 Å². The Balaban J connectivity index is 0.00000256. The van der Waals surface area contributed by atoms with Gasteiger partial charge in [-0.2, -0.15) is 0 Å². The van der Waals surface area contributed by atoms with Crippen molar-refractivity contribution >= 4 is 28.6 Å². The highest BCUT2D eigenvalue weighted by Crippen LogP contribution is 2.43. The highest BCUT2D eigenvalue weighted by molar-refractivity contribution is 8.93. The van der Waals surface area contributed by atoms with Crippen molar-refractivity contribution in [3.05, 3.63) is 94.5 Å². The zero-order valence-corrected chi connectivity index (χ0v) is 19.5. The Morgan fingerprint density at radius 2 is 1.83 bits per heavy atom. The number of benzene rings is 3. The van der Waals surface area contributed by atoms with E-state index in [1.54, 1.807) is 12.1 Å². The molecule has 2 atom stereocenters. The molecule has 0 fully saturated rings. The first kappa shape index (κ1) is 22.7. The largest absolute Gasteiger partial charge is 0.508 e. The topological polar surface area (TPSA) is 32.7 Å². The van der Waals surface area contributed by atoms with Crippen LogP contribution in [-0.4, -0.2) is 30.1 Å². The first-order chi connectivity index (χ1) is 14.1. The minimum absolute atomic E-state index is 0. The lowest BCUT2D eigenvalue weighted by Gasteiger charge is -2.34. The highest BCUT2D eigenvalue weighted by Gasteiger charge is 2.30. The van der Waals surface area contributed by atoms with Crippen LogP contribution in [-0.2, 0) is 6.42 Å². The molecule has 1 heterocycles. The first-order valence-corrected chi connectivity index (χ1v) is 10.4. The van der Waals surface area contributed by atoms with Gasteiger partial charge < -0.3 is 14.7 Å². The quantitative estimate of drug-likeness (QED) is 0.435. The second kappa shape index (κ2) is 10.3. The van der Waals surface area contributed by atoms with E-state index in [1.165, 1.54) is 16.7 Å². The predicted molar refractivity (Wildman–Crippen MR) is 128 cm³/mol. The lowest BCUT2D eigenvalue weighted by molar-refractivity contribution is 0.147. The molecule has 0 bridgehead atoms. The standard InChI is InChI=1S/C25H26ClNO2.BrH/c1-27(13-12-18-6-5-9-21(26)14-18)17-20-15-24(19-7-3-2-4-8-19)29-25-16-22(28)10-11-23(20)25;/h2-11,14,16,20,24,28H,12-13,15,17H2,1H3;1H. The maximum Gasteiger partial charge on any atom is 0.127 e. The molecule has 5 heteroatoms. The molecular formula is C25H27BrClNO2. The van der Waals surface area contributed by atoms with E-state index in [1.807, 2.05) is 42.5 Å². The van der Waals surface area contributed by atoms with Crippen molar-refractivity contribution in [1.82, 2.24) is 4.90 Å². The summed E-state index contributed by atoms with van der Waals surface area (Å²) in [6.45, 7) is 1.89. The lowest BCUT2D eigenvalue weighted by atomic mass is 9.87. The highest BCUT2D eigenvalue weighted by atomic mass is 79.9. The fourth-order valence-corrected chi connectivity index (χ4v) is 4.29. The number of hydrogen-bond acceptors (Lipinski definition) is 3. The van der Waals surface area contributed by atoms with Crippen molar-refractivity contribution in [3.8, 4) is 11.5 Å². The van der Waals surface area contributed by atoms with Crippen molar-refractivity contribution in [1.29, 1.82) is 0 Å². The number of halogens is 2. The van der Waals surface area contributed by atoms with Crippen LogP contribution in [0.2, 0.25) is 5.02 Å². The zero-order chi connectivity index (χ0) is 20.2. The number of fused-ring (bicyclic) bond motifs is 1. The predicted octanol–water partition coefficient (Wildman–Crippen LogP) is 6.41. The van der Waals surface area contributed by atoms with E-state index in [0.29, 0.717) is 5.92 Å². The molecule has 0 aromatic heterocycles. The zero-order valence-electron chi connectivity index (χ0n) is 17.0. The maximum absolute atomic E-state index is 9.94. The maximum atomic E-state index is 9.94. The third-order valence-electron chi connectivity index (χ3n) is 5.58. The van der Waals surface area contributed by atoms with E-state index >= 15 is 0 Å². The van der Waals surface area contributed by atoms with Gasteiger partial charge in [-0.05, 0) is 54.8 Å². The summed E-state index contributed by atoms with van der Waals surface area (Å²) in [5, 5.41) is 10.7. The molecule has 30 heavy (non-hydrogen) atoms. The molecule has 3 aromatic carbocycles. The van der Waals surface area contributed by atoms with Crippen LogP contribution in [0.1, 0.15) is 35.1 Å². The molecule has 4 rings (SSSR count). The minimum atomic E-state index is -0.00294. The van der Waals surface area contributed by atoms with Crippen LogP contribution in [0, 0.1) is 0 Å². The van der Waals surface area contributed by atoms with Crippen molar-refractivity contribution in [2.45, 2.75) is 24.9 Å². The van der Waals surface area contributed by atoms with Gasteiger partial charge in [0.25, 0.3) is 0 Å². The van der Waals surface area contributed by atoms with Gasteiger partial charge in [-0.25, -0.2) is 0 Å². The minimum Gasteiger partial charge on any atom is -0.508 e. The third-order valence-corrected chi connectivity index (χ3v) is 5.81. The number of nitrogens with zero attached hydrogens (tertiary/aromatic N) is 1. The summed E-state index contributed by atoms with van der Waals surface area (Å²) < 4.78 is 6.26. The number of phenolic OH excluding ortho intramolecular Hbond substituents is 1. The van der Waals surface area contributed by atoms with Gasteiger partial charge in [0.2, 0.25) is 0 Å². The normalized spacial score (nSPS) is 17.7. The van der Waals surface area contributed by atoms with Gasteiger partial charge in [0.1, 0.15) is 17.6 Å². The molecular weight excluding hydrogens is 462 g/mol. The average Bonchev–Trinajstić information content (AvgIpc) is 2.72. The smallest absolute Gasteiger partial charge is 0.127 e. The van der Waals surface area contributed by atoms with Gasteiger partial charge in [-0.3, -0.25) is 0 Å². The summed E-state index contributed by atoms with van der Waals surface area (Å²) in [6, 6.07) is 23.9. The van der Waals surface area contributed by atoms with Gasteiger partial charge in [-0.1, -0.05) is 60.1 Å². The Hall–Kier alpha value is -2.01. The van der Waals surface area contributed by atoms with E-state index in [-0.39, 0.29) is 28.8 Å². The van der Waals surface area contributed by atoms with Gasteiger partial charge >= 0.3 is 0 Å². The Kier molecular flexibility index (Phi) is 7.81. The molecule has 0 radical (unpaired) electrons. The fourth-order valence-electron chi connectivity index (χ4n) is 4.07. The van der Waals surface area contributed by atoms with Gasteiger partial charge in [0.05, 0.1) is 0 Å². The summed E-state index contributed by atoms with van der Waals surface area (Å²) in [4.78, 5) is 2.37. The number of rotatable bonds is 6. The number of hydrogen-bond donors (Lipinski definition) is 1. The SMILES string of the molecule is Br.CN(CCc1cccc(Cl)c1)CC1CC(c2ccccc2)Oc2cc(O)ccc21. The second-order valence-corrected chi connectivity index (χ2v) is 8.25. The van der Waals surface area contributed by atoms with Gasteiger partial charge in [-0.15, -0.1) is 17.0 Å².